The molecule has 1 saturated carbocycles. The predicted molar refractivity (Wildman–Crippen MR) is 90.9 cm³/mol. The molecule has 0 N–H and O–H groups in total. The lowest BCUT2D eigenvalue weighted by molar-refractivity contribution is -0.0440. The predicted octanol–water partition coefficient (Wildman–Crippen LogP) is 4.05. The fourth-order valence-corrected chi connectivity index (χ4v) is 3.42. The Morgan fingerprint density at radius 1 is 0.840 bits per heavy atom. The highest BCUT2D eigenvalue weighted by molar-refractivity contribution is 5.54. The number of hydrogen-bond acceptors (Lipinski definition) is 5. The summed E-state index contributed by atoms with van der Waals surface area (Å²) in [6.07, 6.45) is 0.778. The SMILES string of the molecule is c1ccc([C@H]2C[C@@H]2c2noc(-c3cccc(C4OCCO4)c3)n2)cc1. The van der Waals surface area contributed by atoms with Crippen LogP contribution in [-0.4, -0.2) is 23.4 Å². The third-order valence-corrected chi connectivity index (χ3v) is 4.82. The summed E-state index contributed by atoms with van der Waals surface area (Å²) in [5.74, 6) is 2.19. The van der Waals surface area contributed by atoms with Crippen LogP contribution in [0.4, 0.5) is 0 Å². The molecule has 3 aromatic rings. The monoisotopic (exact) mass is 334 g/mol. The molecule has 0 unspecified atom stereocenters. The first-order valence-corrected chi connectivity index (χ1v) is 8.60. The number of aromatic nitrogens is 2. The topological polar surface area (TPSA) is 57.4 Å². The van der Waals surface area contributed by atoms with Crippen molar-refractivity contribution in [3.05, 3.63) is 71.5 Å². The van der Waals surface area contributed by atoms with Crippen LogP contribution in [-0.2, 0) is 9.47 Å². The van der Waals surface area contributed by atoms with Gasteiger partial charge in [-0.2, -0.15) is 4.98 Å². The van der Waals surface area contributed by atoms with Gasteiger partial charge in [-0.15, -0.1) is 0 Å². The molecule has 5 nitrogen and oxygen atoms in total. The van der Waals surface area contributed by atoms with Crippen LogP contribution in [0.3, 0.4) is 0 Å². The Hall–Kier alpha value is -2.50. The molecule has 2 heterocycles. The molecule has 5 rings (SSSR count). The zero-order valence-corrected chi connectivity index (χ0v) is 13.7. The third-order valence-electron chi connectivity index (χ3n) is 4.82. The molecule has 1 aromatic heterocycles. The highest BCUT2D eigenvalue weighted by atomic mass is 16.7. The maximum Gasteiger partial charge on any atom is 0.257 e. The van der Waals surface area contributed by atoms with Gasteiger partial charge < -0.3 is 14.0 Å². The molecule has 2 fully saturated rings. The standard InChI is InChI=1S/C20H18N2O3/c1-2-5-13(6-3-1)16-12-17(16)18-21-19(25-22-18)14-7-4-8-15(11-14)20-23-9-10-24-20/h1-8,11,16-17,20H,9-10,12H2/t16-,17+/m1/s1. The smallest absolute Gasteiger partial charge is 0.257 e. The molecule has 25 heavy (non-hydrogen) atoms. The molecule has 1 aliphatic carbocycles. The van der Waals surface area contributed by atoms with E-state index in [1.807, 2.05) is 30.3 Å². The summed E-state index contributed by atoms with van der Waals surface area (Å²) in [5.41, 5.74) is 3.21. The highest BCUT2D eigenvalue weighted by Gasteiger charge is 2.42. The minimum atomic E-state index is -0.298. The van der Waals surface area contributed by atoms with Gasteiger partial charge in [-0.1, -0.05) is 47.6 Å². The van der Waals surface area contributed by atoms with Crippen molar-refractivity contribution in [3.8, 4) is 11.5 Å². The molecule has 0 spiro atoms. The first-order valence-electron chi connectivity index (χ1n) is 8.60. The molecule has 1 aliphatic heterocycles. The van der Waals surface area contributed by atoms with E-state index in [0.29, 0.717) is 30.9 Å². The summed E-state index contributed by atoms with van der Waals surface area (Å²) in [4.78, 5) is 4.63. The highest BCUT2D eigenvalue weighted by Crippen LogP contribution is 2.53. The second kappa shape index (κ2) is 6.10. The van der Waals surface area contributed by atoms with Crippen molar-refractivity contribution < 1.29 is 14.0 Å². The van der Waals surface area contributed by atoms with Gasteiger partial charge in [0.1, 0.15) is 0 Å². The van der Waals surface area contributed by atoms with Crippen molar-refractivity contribution in [1.29, 1.82) is 0 Å². The first-order chi connectivity index (χ1) is 12.4. The van der Waals surface area contributed by atoms with Crippen LogP contribution in [0, 0.1) is 0 Å². The van der Waals surface area contributed by atoms with Gasteiger partial charge in [0, 0.05) is 17.0 Å². The van der Waals surface area contributed by atoms with Gasteiger partial charge in [0.2, 0.25) is 0 Å². The van der Waals surface area contributed by atoms with E-state index in [2.05, 4.69) is 34.4 Å². The quantitative estimate of drug-likeness (QED) is 0.720. The molecule has 0 amide bonds. The fraction of sp³-hybridized carbons (Fsp3) is 0.300. The molecule has 0 radical (unpaired) electrons. The van der Waals surface area contributed by atoms with E-state index in [9.17, 15) is 0 Å². The summed E-state index contributed by atoms with van der Waals surface area (Å²) in [6.45, 7) is 1.25. The van der Waals surface area contributed by atoms with Gasteiger partial charge in [-0.3, -0.25) is 0 Å². The largest absolute Gasteiger partial charge is 0.346 e. The normalized spacial score (nSPS) is 23.0. The zero-order valence-electron chi connectivity index (χ0n) is 13.7. The Kier molecular flexibility index (Phi) is 3.61. The van der Waals surface area contributed by atoms with Crippen molar-refractivity contribution in [2.24, 2.45) is 0 Å². The van der Waals surface area contributed by atoms with E-state index >= 15 is 0 Å². The number of hydrogen-bond donors (Lipinski definition) is 0. The van der Waals surface area contributed by atoms with Crippen LogP contribution in [0.1, 0.15) is 41.5 Å². The Balaban J connectivity index is 1.36. The number of rotatable bonds is 4. The van der Waals surface area contributed by atoms with Crippen LogP contribution in [0.15, 0.2) is 59.1 Å². The maximum atomic E-state index is 5.56. The molecule has 0 bridgehead atoms. The van der Waals surface area contributed by atoms with Crippen molar-refractivity contribution in [3.63, 3.8) is 0 Å². The van der Waals surface area contributed by atoms with E-state index in [-0.39, 0.29) is 6.29 Å². The fourth-order valence-electron chi connectivity index (χ4n) is 3.42. The summed E-state index contributed by atoms with van der Waals surface area (Å²) in [6, 6.07) is 18.4. The van der Waals surface area contributed by atoms with Crippen LogP contribution >= 0.6 is 0 Å². The molecule has 126 valence electrons. The van der Waals surface area contributed by atoms with Crippen molar-refractivity contribution in [2.75, 3.05) is 13.2 Å². The summed E-state index contributed by atoms with van der Waals surface area (Å²) < 4.78 is 16.6. The van der Waals surface area contributed by atoms with Crippen molar-refractivity contribution in [2.45, 2.75) is 24.5 Å². The third kappa shape index (κ3) is 2.86. The van der Waals surface area contributed by atoms with Gasteiger partial charge in [-0.05, 0) is 30.0 Å². The van der Waals surface area contributed by atoms with Gasteiger partial charge in [-0.25, -0.2) is 0 Å². The minimum absolute atomic E-state index is 0.298. The average Bonchev–Trinajstić information content (AvgIpc) is 3.09. The molecule has 5 heteroatoms. The molecule has 2 aromatic carbocycles. The van der Waals surface area contributed by atoms with Crippen molar-refractivity contribution >= 4 is 0 Å². The molecular weight excluding hydrogens is 316 g/mol. The van der Waals surface area contributed by atoms with E-state index in [1.54, 1.807) is 0 Å². The van der Waals surface area contributed by atoms with Gasteiger partial charge >= 0.3 is 0 Å². The Morgan fingerprint density at radius 2 is 1.64 bits per heavy atom. The summed E-state index contributed by atoms with van der Waals surface area (Å²) in [5, 5.41) is 4.21. The Labute approximate surface area is 145 Å². The van der Waals surface area contributed by atoms with Gasteiger partial charge in [0.05, 0.1) is 13.2 Å². The lowest BCUT2D eigenvalue weighted by Gasteiger charge is -2.09. The maximum absolute atomic E-state index is 5.56. The first kappa shape index (κ1) is 14.8. The zero-order chi connectivity index (χ0) is 16.6. The summed E-state index contributed by atoms with van der Waals surface area (Å²) in [7, 11) is 0. The number of ether oxygens (including phenoxy) is 2. The van der Waals surface area contributed by atoms with Crippen LogP contribution in [0.25, 0.3) is 11.5 Å². The number of nitrogens with zero attached hydrogens (tertiary/aromatic N) is 2. The van der Waals surface area contributed by atoms with Crippen LogP contribution in [0.5, 0.6) is 0 Å². The van der Waals surface area contributed by atoms with E-state index in [0.717, 1.165) is 23.4 Å². The minimum Gasteiger partial charge on any atom is -0.346 e. The summed E-state index contributed by atoms with van der Waals surface area (Å²) >= 11 is 0. The van der Waals surface area contributed by atoms with Gasteiger partial charge in [0.25, 0.3) is 5.89 Å². The second-order valence-corrected chi connectivity index (χ2v) is 6.52. The van der Waals surface area contributed by atoms with Crippen molar-refractivity contribution in [1.82, 2.24) is 10.1 Å². The van der Waals surface area contributed by atoms with Crippen LogP contribution < -0.4 is 0 Å². The molecule has 2 aliphatic rings. The van der Waals surface area contributed by atoms with Gasteiger partial charge in [0.15, 0.2) is 12.1 Å². The molecular formula is C20H18N2O3. The van der Waals surface area contributed by atoms with Crippen LogP contribution in [0.2, 0.25) is 0 Å². The van der Waals surface area contributed by atoms with E-state index < -0.39 is 0 Å². The average molecular weight is 334 g/mol. The Morgan fingerprint density at radius 3 is 2.48 bits per heavy atom. The lowest BCUT2D eigenvalue weighted by atomic mass is 10.1. The Bertz CT molecular complexity index is 871. The lowest BCUT2D eigenvalue weighted by Crippen LogP contribution is -1.97. The molecule has 2 atom stereocenters. The molecule has 1 saturated heterocycles. The van der Waals surface area contributed by atoms with E-state index in [1.165, 1.54) is 5.56 Å². The number of benzene rings is 2. The second-order valence-electron chi connectivity index (χ2n) is 6.52. The van der Waals surface area contributed by atoms with E-state index in [4.69, 9.17) is 14.0 Å².